The van der Waals surface area contributed by atoms with E-state index in [-0.39, 0.29) is 100.0 Å². The number of carbonyl (C=O) groups excluding carboxylic acids is 1. The number of hydrogen-bond donors (Lipinski definition) is 1. The average molecular weight is 373 g/mol. The number of ether oxygens (including phenoxy) is 1. The van der Waals surface area contributed by atoms with Gasteiger partial charge in [-0.1, -0.05) is 28.1 Å². The third-order valence-electron chi connectivity index (χ3n) is 1.43. The number of benzene rings is 1. The molecule has 0 bridgehead atoms. The van der Waals surface area contributed by atoms with Crippen molar-refractivity contribution in [1.29, 1.82) is 0 Å². The fourth-order valence-corrected chi connectivity index (χ4v) is 1.02. The molecule has 0 aliphatic rings. The molecular weight excluding hydrogens is 364 g/mol. The van der Waals surface area contributed by atoms with Crippen molar-refractivity contribution in [2.45, 2.75) is 0 Å². The second-order valence-corrected chi connectivity index (χ2v) is 3.42. The number of esters is 1. The first kappa shape index (κ1) is 29.9. The first-order chi connectivity index (χ1) is 7.99. The van der Waals surface area contributed by atoms with E-state index >= 15 is 0 Å². The topological polar surface area (TPSA) is 116 Å². The first-order valence-corrected chi connectivity index (χ1v) is 5.59. The number of rotatable bonds is 3. The number of carbonyl (C=O) groups is 1. The zero-order valence-electron chi connectivity index (χ0n) is 11.7. The smallest absolute Gasteiger partial charge is 0.907 e. The van der Waals surface area contributed by atoms with E-state index in [1.54, 1.807) is 12.1 Å². The number of hydrogen-bond acceptors (Lipinski definition) is 6. The fraction of sp³-hybridized carbons (Fsp3) is 0.222. The summed E-state index contributed by atoms with van der Waals surface area (Å²) >= 11 is 3.13. The van der Waals surface area contributed by atoms with Crippen LogP contribution in [0.3, 0.4) is 0 Å². The van der Waals surface area contributed by atoms with Crippen molar-refractivity contribution in [2.24, 2.45) is 0 Å². The molecule has 0 unspecified atom stereocenters. The predicted molar refractivity (Wildman–Crippen MR) is 57.9 cm³/mol. The molecule has 0 aliphatic heterocycles. The molecule has 0 atom stereocenters. The molecule has 0 amide bonds. The summed E-state index contributed by atoms with van der Waals surface area (Å²) in [7, 11) is -2.92. The van der Waals surface area contributed by atoms with Crippen molar-refractivity contribution in [3.05, 3.63) is 29.8 Å². The minimum atomic E-state index is -2.92. The van der Waals surface area contributed by atoms with Gasteiger partial charge >= 0.3 is 94.6 Å². The van der Waals surface area contributed by atoms with Crippen LogP contribution in [0.25, 0.3) is 0 Å². The summed E-state index contributed by atoms with van der Waals surface area (Å²) in [4.78, 5) is 11.2. The molecule has 0 spiro atoms. The van der Waals surface area contributed by atoms with Crippen LogP contribution in [0.4, 0.5) is 0 Å². The summed E-state index contributed by atoms with van der Waals surface area (Å²) in [6, 6.07) is 6.29. The summed E-state index contributed by atoms with van der Waals surface area (Å²) in [6.07, 6.45) is 0. The molecule has 0 aromatic heterocycles. The number of phenols is 1. The number of para-hydroxylation sites is 1. The molecule has 1 aromatic carbocycles. The Morgan fingerprint density at radius 1 is 1.20 bits per heavy atom. The Balaban J connectivity index is -0.000000164. The molecule has 0 aliphatic carbocycles. The Kier molecular flexibility index (Phi) is 28.3. The van der Waals surface area contributed by atoms with Gasteiger partial charge in [0.05, 0.1) is 0 Å². The summed E-state index contributed by atoms with van der Waals surface area (Å²) in [5.41, 5.74) is 0.198. The van der Waals surface area contributed by atoms with Crippen LogP contribution in [0.15, 0.2) is 24.3 Å². The summed E-state index contributed by atoms with van der Waals surface area (Å²) in [5, 5.41) is 35.1. The van der Waals surface area contributed by atoms with E-state index in [0.717, 1.165) is 0 Å². The molecule has 0 heterocycles. The average Bonchev–Trinajstić information content (AvgIpc) is 2.26. The Hall–Kier alpha value is 1.91. The largest absolute Gasteiger partial charge is 1.00 e. The minimum absolute atomic E-state index is 0. The van der Waals surface area contributed by atoms with Gasteiger partial charge in [0.15, 0.2) is 0 Å². The van der Waals surface area contributed by atoms with Gasteiger partial charge in [0.2, 0.25) is 0 Å². The van der Waals surface area contributed by atoms with Gasteiger partial charge in [-0.3, -0.25) is 7.32 Å². The number of halogens is 1. The summed E-state index contributed by atoms with van der Waals surface area (Å²) in [5.74, 6) is -0.556. The molecule has 94 valence electrons. The van der Waals surface area contributed by atoms with E-state index in [2.05, 4.69) is 15.9 Å². The Morgan fingerprint density at radius 2 is 1.65 bits per heavy atom. The van der Waals surface area contributed by atoms with Crippen LogP contribution in [0.5, 0.6) is 5.75 Å². The van der Waals surface area contributed by atoms with Gasteiger partial charge in [-0.25, -0.2) is 4.79 Å². The van der Waals surface area contributed by atoms with Gasteiger partial charge in [0.25, 0.3) is 0 Å². The zero-order chi connectivity index (χ0) is 13.3. The minimum Gasteiger partial charge on any atom is -0.907 e. The quantitative estimate of drug-likeness (QED) is 0.320. The van der Waals surface area contributed by atoms with E-state index in [1.165, 1.54) is 12.1 Å². The zero-order valence-corrected chi connectivity index (χ0v) is 19.3. The van der Waals surface area contributed by atoms with Gasteiger partial charge in [-0.05, 0) is 12.1 Å². The van der Waals surface area contributed by atoms with Gasteiger partial charge in [-0.15, -0.1) is 0 Å². The van der Waals surface area contributed by atoms with Gasteiger partial charge in [0, 0.05) is 5.33 Å². The van der Waals surface area contributed by atoms with Crippen LogP contribution in [0, 0.1) is 0 Å². The molecule has 0 saturated heterocycles. The molecule has 0 saturated carbocycles. The second kappa shape index (κ2) is 19.0. The van der Waals surface area contributed by atoms with Crippen LogP contribution >= 0.6 is 15.9 Å². The summed E-state index contributed by atoms with van der Waals surface area (Å²) < 4.78 is 4.81. The van der Waals surface area contributed by atoms with Gasteiger partial charge < -0.3 is 24.9 Å². The normalized spacial score (nSPS) is 7.60. The summed E-state index contributed by atoms with van der Waals surface area (Å²) in [6.45, 7) is 0.299. The van der Waals surface area contributed by atoms with Crippen LogP contribution in [-0.4, -0.2) is 30.3 Å². The van der Waals surface area contributed by atoms with Crippen LogP contribution in [-0.2, 0) is 4.74 Å². The third-order valence-corrected chi connectivity index (χ3v) is 1.76. The van der Waals surface area contributed by atoms with Gasteiger partial charge in [-0.2, -0.15) is 0 Å². The van der Waals surface area contributed by atoms with Crippen molar-refractivity contribution < 1.29 is 118 Å². The van der Waals surface area contributed by atoms with Crippen molar-refractivity contribution in [1.82, 2.24) is 0 Å². The van der Waals surface area contributed by atoms with E-state index in [0.29, 0.717) is 11.9 Å². The van der Waals surface area contributed by atoms with E-state index < -0.39 is 13.3 Å². The first-order valence-electron chi connectivity index (χ1n) is 4.47. The van der Waals surface area contributed by atoms with E-state index in [4.69, 9.17) is 19.8 Å². The molecule has 20 heavy (non-hydrogen) atoms. The maximum atomic E-state index is 11.2. The van der Waals surface area contributed by atoms with Crippen LogP contribution < -0.4 is 104 Å². The molecule has 6 nitrogen and oxygen atoms in total. The molecule has 0 radical (unpaired) electrons. The van der Waals surface area contributed by atoms with E-state index in [1.807, 2.05) is 0 Å². The number of aromatic hydroxyl groups is 1. The monoisotopic (exact) mass is 372 g/mol. The van der Waals surface area contributed by atoms with Crippen molar-refractivity contribution in [2.75, 3.05) is 11.9 Å². The maximum Gasteiger partial charge on any atom is 1.00 e. The van der Waals surface area contributed by atoms with E-state index in [9.17, 15) is 9.90 Å². The van der Waals surface area contributed by atoms with Crippen molar-refractivity contribution in [3.8, 4) is 5.75 Å². The molecule has 11 heteroatoms. The number of phenolic OH excluding ortho intramolecular Hbond substituents is 1. The number of alkyl halides is 1. The van der Waals surface area contributed by atoms with Gasteiger partial charge in [0.1, 0.15) is 17.9 Å². The maximum absolute atomic E-state index is 11.2. The fourth-order valence-electron chi connectivity index (χ4n) is 0.855. The molecular formula is C9H9BBrNa3O6. The Bertz CT molecular complexity index is 355. The Morgan fingerprint density at radius 3 is 2.05 bits per heavy atom. The SMILES string of the molecule is O=C(OCCBr)c1ccccc1O.[Na+].[Na+].[Na+].[O-]B([O-])[O-]. The predicted octanol–water partition coefficient (Wildman–Crippen LogP) is -11.0. The van der Waals surface area contributed by atoms with Crippen LogP contribution in [0.2, 0.25) is 0 Å². The van der Waals surface area contributed by atoms with Crippen LogP contribution in [0.1, 0.15) is 10.4 Å². The molecule has 1 aromatic rings. The Labute approximate surface area is 192 Å². The molecule has 1 rings (SSSR count). The standard InChI is InChI=1S/C9H9BrO3.BO3.3Na/c10-5-6-13-9(12)7-3-1-2-4-8(7)11;2-1(3)4;;;/h1-4,11H,5-6H2;;;;/q;-3;3*+1. The second-order valence-electron chi connectivity index (χ2n) is 2.63. The third kappa shape index (κ3) is 16.3. The molecule has 1 N–H and O–H groups in total. The van der Waals surface area contributed by atoms with Crippen molar-refractivity contribution in [3.63, 3.8) is 0 Å². The molecule has 0 fully saturated rings. The van der Waals surface area contributed by atoms with Crippen molar-refractivity contribution >= 4 is 29.2 Å².